The van der Waals surface area contributed by atoms with Gasteiger partial charge in [-0.1, -0.05) is 29.8 Å². The molecule has 2 aromatic carbocycles. The number of nitro benzene ring substituents is 1. The largest absolute Gasteiger partial charge is 0.487 e. The maximum Gasteiger partial charge on any atom is 0.276 e. The molecule has 2 aromatic rings. The molecule has 0 aliphatic rings. The fraction of sp³-hybridized carbons (Fsp3) is 0.143. The number of ether oxygens (including phenoxy) is 1. The lowest BCUT2D eigenvalue weighted by atomic mass is 10.2. The first-order chi connectivity index (χ1) is 9.08. The van der Waals surface area contributed by atoms with Crippen molar-refractivity contribution in [3.63, 3.8) is 0 Å². The van der Waals surface area contributed by atoms with Crippen LogP contribution in [0.5, 0.6) is 5.75 Å². The van der Waals surface area contributed by atoms with Crippen molar-refractivity contribution in [2.45, 2.75) is 13.5 Å². The predicted molar refractivity (Wildman–Crippen MR) is 73.6 cm³/mol. The molecule has 0 spiro atoms. The molecule has 0 heterocycles. The normalized spacial score (nSPS) is 10.2. The Morgan fingerprint density at radius 2 is 2.00 bits per heavy atom. The minimum absolute atomic E-state index is 0.0475. The highest BCUT2D eigenvalue weighted by atomic mass is 35.5. The van der Waals surface area contributed by atoms with Crippen LogP contribution in [0.1, 0.15) is 11.1 Å². The summed E-state index contributed by atoms with van der Waals surface area (Å²) in [5.74, 6) is 0.528. The van der Waals surface area contributed by atoms with Crippen molar-refractivity contribution in [2.24, 2.45) is 0 Å². The van der Waals surface area contributed by atoms with Gasteiger partial charge in [0.15, 0.2) is 0 Å². The molecule has 0 saturated heterocycles. The molecule has 2 rings (SSSR count). The zero-order chi connectivity index (χ0) is 13.8. The van der Waals surface area contributed by atoms with E-state index in [4.69, 9.17) is 16.3 Å². The number of nitro groups is 1. The predicted octanol–water partition coefficient (Wildman–Crippen LogP) is 4.14. The van der Waals surface area contributed by atoms with E-state index >= 15 is 0 Å². The van der Waals surface area contributed by atoms with E-state index in [-0.39, 0.29) is 12.3 Å². The molecule has 0 radical (unpaired) electrons. The highest BCUT2D eigenvalue weighted by Gasteiger charge is 2.13. The Morgan fingerprint density at radius 3 is 2.74 bits per heavy atom. The number of benzene rings is 2. The summed E-state index contributed by atoms with van der Waals surface area (Å²) in [7, 11) is 0. The number of para-hydroxylation sites is 1. The van der Waals surface area contributed by atoms with Crippen molar-refractivity contribution >= 4 is 17.3 Å². The standard InChI is InChI=1S/C14H12ClNO3/c1-10-6-7-12(15)14(8-10)19-9-11-4-2-3-5-13(11)16(17)18/h2-8H,9H2,1H3. The van der Waals surface area contributed by atoms with Crippen LogP contribution in [-0.2, 0) is 6.61 Å². The molecule has 0 amide bonds. The summed E-state index contributed by atoms with van der Waals surface area (Å²) in [5, 5.41) is 11.4. The zero-order valence-corrected chi connectivity index (χ0v) is 11.1. The Bertz CT molecular complexity index is 613. The first-order valence-corrected chi connectivity index (χ1v) is 6.07. The summed E-state index contributed by atoms with van der Waals surface area (Å²) in [4.78, 5) is 10.5. The van der Waals surface area contributed by atoms with Gasteiger partial charge in [0.25, 0.3) is 5.69 Å². The van der Waals surface area contributed by atoms with Crippen LogP contribution in [-0.4, -0.2) is 4.92 Å². The van der Waals surface area contributed by atoms with E-state index in [9.17, 15) is 10.1 Å². The Kier molecular flexibility index (Phi) is 4.02. The van der Waals surface area contributed by atoms with Crippen LogP contribution < -0.4 is 4.74 Å². The highest BCUT2D eigenvalue weighted by Crippen LogP contribution is 2.27. The second-order valence-corrected chi connectivity index (χ2v) is 4.52. The van der Waals surface area contributed by atoms with Crippen LogP contribution in [0.25, 0.3) is 0 Å². The van der Waals surface area contributed by atoms with Crippen LogP contribution in [0, 0.1) is 17.0 Å². The molecule has 0 saturated carbocycles. The molecule has 0 aliphatic carbocycles. The van der Waals surface area contributed by atoms with Gasteiger partial charge in [-0.3, -0.25) is 10.1 Å². The van der Waals surface area contributed by atoms with Crippen molar-refractivity contribution < 1.29 is 9.66 Å². The summed E-state index contributed by atoms with van der Waals surface area (Å²) >= 11 is 6.01. The van der Waals surface area contributed by atoms with Crippen molar-refractivity contribution in [2.75, 3.05) is 0 Å². The molecule has 4 nitrogen and oxygen atoms in total. The Morgan fingerprint density at radius 1 is 1.26 bits per heavy atom. The van der Waals surface area contributed by atoms with Gasteiger partial charge in [0.05, 0.1) is 15.5 Å². The monoisotopic (exact) mass is 277 g/mol. The van der Waals surface area contributed by atoms with Crippen LogP contribution in [0.2, 0.25) is 5.02 Å². The fourth-order valence-electron chi connectivity index (χ4n) is 1.69. The van der Waals surface area contributed by atoms with Crippen LogP contribution in [0.15, 0.2) is 42.5 Å². The lowest BCUT2D eigenvalue weighted by Crippen LogP contribution is -2.00. The molecule has 5 heteroatoms. The van der Waals surface area contributed by atoms with E-state index in [0.29, 0.717) is 16.3 Å². The van der Waals surface area contributed by atoms with Gasteiger partial charge in [0.2, 0.25) is 0 Å². The van der Waals surface area contributed by atoms with Gasteiger partial charge in [-0.2, -0.15) is 0 Å². The van der Waals surface area contributed by atoms with Gasteiger partial charge < -0.3 is 4.74 Å². The third kappa shape index (κ3) is 3.23. The van der Waals surface area contributed by atoms with Crippen molar-refractivity contribution in [3.8, 4) is 5.75 Å². The Balaban J connectivity index is 2.19. The molecule has 0 bridgehead atoms. The van der Waals surface area contributed by atoms with Gasteiger partial charge in [-0.15, -0.1) is 0 Å². The summed E-state index contributed by atoms with van der Waals surface area (Å²) in [6.45, 7) is 2.04. The van der Waals surface area contributed by atoms with Crippen molar-refractivity contribution in [1.29, 1.82) is 0 Å². The molecule has 0 aliphatic heterocycles. The summed E-state index contributed by atoms with van der Waals surface area (Å²) in [6.07, 6.45) is 0. The molecular weight excluding hydrogens is 266 g/mol. The second kappa shape index (κ2) is 5.71. The van der Waals surface area contributed by atoms with Gasteiger partial charge >= 0.3 is 0 Å². The topological polar surface area (TPSA) is 52.4 Å². The lowest BCUT2D eigenvalue weighted by Gasteiger charge is -2.09. The maximum absolute atomic E-state index is 10.9. The number of halogens is 1. The molecule has 0 aromatic heterocycles. The molecule has 0 fully saturated rings. The van der Waals surface area contributed by atoms with Gasteiger partial charge in [0, 0.05) is 6.07 Å². The molecule has 0 N–H and O–H groups in total. The number of hydrogen-bond donors (Lipinski definition) is 0. The van der Waals surface area contributed by atoms with E-state index in [1.807, 2.05) is 13.0 Å². The molecule has 98 valence electrons. The highest BCUT2D eigenvalue weighted by molar-refractivity contribution is 6.32. The quantitative estimate of drug-likeness (QED) is 0.623. The molecule has 0 unspecified atom stereocenters. The van der Waals surface area contributed by atoms with E-state index in [0.717, 1.165) is 5.56 Å². The molecule has 19 heavy (non-hydrogen) atoms. The number of nitrogens with zero attached hydrogens (tertiary/aromatic N) is 1. The van der Waals surface area contributed by atoms with Crippen molar-refractivity contribution in [1.82, 2.24) is 0 Å². The van der Waals surface area contributed by atoms with E-state index in [1.54, 1.807) is 30.3 Å². The smallest absolute Gasteiger partial charge is 0.276 e. The fourth-order valence-corrected chi connectivity index (χ4v) is 1.86. The summed E-state index contributed by atoms with van der Waals surface area (Å²) in [6, 6.07) is 11.9. The van der Waals surface area contributed by atoms with E-state index in [2.05, 4.69) is 0 Å². The van der Waals surface area contributed by atoms with E-state index < -0.39 is 4.92 Å². The van der Waals surface area contributed by atoms with E-state index in [1.165, 1.54) is 6.07 Å². The Hall–Kier alpha value is -2.07. The third-order valence-electron chi connectivity index (χ3n) is 2.66. The summed E-state index contributed by atoms with van der Waals surface area (Å²) in [5.41, 5.74) is 1.58. The van der Waals surface area contributed by atoms with Crippen LogP contribution in [0.4, 0.5) is 5.69 Å². The van der Waals surface area contributed by atoms with Crippen LogP contribution in [0.3, 0.4) is 0 Å². The average molecular weight is 278 g/mol. The third-order valence-corrected chi connectivity index (χ3v) is 2.97. The SMILES string of the molecule is Cc1ccc(Cl)c(OCc2ccccc2[N+](=O)[O-])c1. The number of hydrogen-bond acceptors (Lipinski definition) is 3. The number of aryl methyl sites for hydroxylation is 1. The number of rotatable bonds is 4. The minimum atomic E-state index is -0.420. The minimum Gasteiger partial charge on any atom is -0.487 e. The van der Waals surface area contributed by atoms with Crippen LogP contribution >= 0.6 is 11.6 Å². The average Bonchev–Trinajstić information content (AvgIpc) is 2.40. The maximum atomic E-state index is 10.9. The van der Waals surface area contributed by atoms with Gasteiger partial charge in [-0.25, -0.2) is 0 Å². The lowest BCUT2D eigenvalue weighted by molar-refractivity contribution is -0.385. The second-order valence-electron chi connectivity index (χ2n) is 4.11. The Labute approximate surface area is 115 Å². The first kappa shape index (κ1) is 13.4. The van der Waals surface area contributed by atoms with Crippen molar-refractivity contribution in [3.05, 3.63) is 68.7 Å². The zero-order valence-electron chi connectivity index (χ0n) is 10.3. The van der Waals surface area contributed by atoms with Gasteiger partial charge in [0.1, 0.15) is 12.4 Å². The molecular formula is C14H12ClNO3. The molecule has 0 atom stereocenters. The first-order valence-electron chi connectivity index (χ1n) is 5.69. The summed E-state index contributed by atoms with van der Waals surface area (Å²) < 4.78 is 5.56. The van der Waals surface area contributed by atoms with Gasteiger partial charge in [-0.05, 0) is 30.7 Å².